The van der Waals surface area contributed by atoms with Gasteiger partial charge in [0.05, 0.1) is 13.7 Å². The molecule has 0 aliphatic carbocycles. The van der Waals surface area contributed by atoms with Gasteiger partial charge in [-0.05, 0) is 24.3 Å². The van der Waals surface area contributed by atoms with Crippen molar-refractivity contribution in [2.24, 2.45) is 0 Å². The quantitative estimate of drug-likeness (QED) is 0.861. The lowest BCUT2D eigenvalue weighted by Crippen LogP contribution is -2.31. The summed E-state index contributed by atoms with van der Waals surface area (Å²) in [6, 6.07) is 9.26. The molecule has 1 amide bonds. The summed E-state index contributed by atoms with van der Waals surface area (Å²) in [4.78, 5) is 22.4. The maximum atomic E-state index is 12.5. The fourth-order valence-corrected chi connectivity index (χ4v) is 2.44. The number of benzene rings is 1. The topological polar surface area (TPSA) is 64.5 Å². The highest BCUT2D eigenvalue weighted by atomic mass is 16.5. The molecule has 0 N–H and O–H groups in total. The van der Waals surface area contributed by atoms with E-state index in [1.807, 2.05) is 12.1 Å². The van der Waals surface area contributed by atoms with Crippen LogP contribution in [0.5, 0.6) is 11.8 Å². The Morgan fingerprint density at radius 3 is 2.86 bits per heavy atom. The molecule has 1 atom stereocenters. The van der Waals surface area contributed by atoms with Gasteiger partial charge in [0.1, 0.15) is 11.9 Å². The minimum Gasteiger partial charge on any atom is -0.497 e. The standard InChI is InChI=1S/C16H17N3O3/c1-21-13-5-2-4-12(10-13)15(20)19-9-6-14(11-19)22-16-17-7-3-8-18-16/h2-5,7-8,10,14H,6,9,11H2,1H3/t14-/m1/s1. The average Bonchev–Trinajstić information content (AvgIpc) is 3.03. The Labute approximate surface area is 128 Å². The molecule has 1 aliphatic rings. The molecule has 1 fully saturated rings. The van der Waals surface area contributed by atoms with Gasteiger partial charge in [-0.1, -0.05) is 6.07 Å². The Kier molecular flexibility index (Phi) is 4.18. The van der Waals surface area contributed by atoms with Crippen LogP contribution in [0.4, 0.5) is 0 Å². The summed E-state index contributed by atoms with van der Waals surface area (Å²) in [5.74, 6) is 0.662. The van der Waals surface area contributed by atoms with Gasteiger partial charge < -0.3 is 14.4 Å². The van der Waals surface area contributed by atoms with Crippen LogP contribution in [0.1, 0.15) is 16.8 Å². The van der Waals surface area contributed by atoms with E-state index in [4.69, 9.17) is 9.47 Å². The zero-order valence-electron chi connectivity index (χ0n) is 12.3. The molecule has 0 unspecified atom stereocenters. The van der Waals surface area contributed by atoms with Crippen LogP contribution in [0, 0.1) is 0 Å². The molecule has 1 aromatic carbocycles. The molecule has 2 heterocycles. The Balaban J connectivity index is 1.63. The molecule has 0 bridgehead atoms. The summed E-state index contributed by atoms with van der Waals surface area (Å²) in [5, 5.41) is 0. The van der Waals surface area contributed by atoms with E-state index in [2.05, 4.69) is 9.97 Å². The SMILES string of the molecule is COc1cccc(C(=O)N2CC[C@@H](Oc3ncccn3)C2)c1. The average molecular weight is 299 g/mol. The van der Waals surface area contributed by atoms with E-state index in [9.17, 15) is 4.79 Å². The number of rotatable bonds is 4. The second-order valence-corrected chi connectivity index (χ2v) is 5.04. The summed E-state index contributed by atoms with van der Waals surface area (Å²) in [6.07, 6.45) is 3.97. The zero-order chi connectivity index (χ0) is 15.4. The maximum absolute atomic E-state index is 12.5. The molecule has 0 spiro atoms. The lowest BCUT2D eigenvalue weighted by molar-refractivity contribution is 0.0769. The van der Waals surface area contributed by atoms with E-state index in [0.29, 0.717) is 30.4 Å². The number of amides is 1. The van der Waals surface area contributed by atoms with Crippen LogP contribution in [-0.4, -0.2) is 47.1 Å². The Bertz CT molecular complexity index is 648. The fourth-order valence-electron chi connectivity index (χ4n) is 2.44. The third-order valence-electron chi connectivity index (χ3n) is 3.56. The lowest BCUT2D eigenvalue weighted by atomic mass is 10.2. The van der Waals surface area contributed by atoms with E-state index in [0.717, 1.165) is 6.42 Å². The monoisotopic (exact) mass is 299 g/mol. The molecule has 1 aromatic heterocycles. The van der Waals surface area contributed by atoms with Crippen LogP contribution < -0.4 is 9.47 Å². The number of ether oxygens (including phenoxy) is 2. The Morgan fingerprint density at radius 1 is 1.27 bits per heavy atom. The second-order valence-electron chi connectivity index (χ2n) is 5.04. The number of aromatic nitrogens is 2. The van der Waals surface area contributed by atoms with Crippen LogP contribution in [0.3, 0.4) is 0 Å². The van der Waals surface area contributed by atoms with Gasteiger partial charge in [-0.15, -0.1) is 0 Å². The van der Waals surface area contributed by atoms with E-state index in [1.54, 1.807) is 42.6 Å². The van der Waals surface area contributed by atoms with Crippen molar-refractivity contribution < 1.29 is 14.3 Å². The number of carbonyl (C=O) groups is 1. The Hall–Kier alpha value is -2.63. The highest BCUT2D eigenvalue weighted by Gasteiger charge is 2.28. The van der Waals surface area contributed by atoms with Crippen molar-refractivity contribution >= 4 is 5.91 Å². The fraction of sp³-hybridized carbons (Fsp3) is 0.312. The van der Waals surface area contributed by atoms with Crippen molar-refractivity contribution in [1.82, 2.24) is 14.9 Å². The molecule has 2 aromatic rings. The summed E-state index contributed by atoms with van der Waals surface area (Å²) in [7, 11) is 1.59. The predicted molar refractivity (Wildman–Crippen MR) is 80.0 cm³/mol. The predicted octanol–water partition coefficient (Wildman–Crippen LogP) is 1.78. The molecule has 3 rings (SSSR count). The van der Waals surface area contributed by atoms with Crippen LogP contribution in [0.2, 0.25) is 0 Å². The number of hydrogen-bond acceptors (Lipinski definition) is 5. The van der Waals surface area contributed by atoms with Crippen LogP contribution in [0.15, 0.2) is 42.7 Å². The third-order valence-corrected chi connectivity index (χ3v) is 3.56. The molecule has 114 valence electrons. The van der Waals surface area contributed by atoms with E-state index < -0.39 is 0 Å². The highest BCUT2D eigenvalue weighted by molar-refractivity contribution is 5.94. The van der Waals surface area contributed by atoms with E-state index in [1.165, 1.54) is 0 Å². The van der Waals surface area contributed by atoms with E-state index in [-0.39, 0.29) is 12.0 Å². The molecular formula is C16H17N3O3. The van der Waals surface area contributed by atoms with Crippen molar-refractivity contribution in [2.45, 2.75) is 12.5 Å². The molecule has 0 radical (unpaired) electrons. The highest BCUT2D eigenvalue weighted by Crippen LogP contribution is 2.19. The van der Waals surface area contributed by atoms with Gasteiger partial charge >= 0.3 is 6.01 Å². The second kappa shape index (κ2) is 6.43. The number of methoxy groups -OCH3 is 1. The van der Waals surface area contributed by atoms with Gasteiger partial charge in [-0.25, -0.2) is 9.97 Å². The van der Waals surface area contributed by atoms with Crippen molar-refractivity contribution in [1.29, 1.82) is 0 Å². The zero-order valence-corrected chi connectivity index (χ0v) is 12.3. The first-order valence-electron chi connectivity index (χ1n) is 7.13. The molecule has 6 heteroatoms. The van der Waals surface area contributed by atoms with Crippen molar-refractivity contribution in [3.63, 3.8) is 0 Å². The van der Waals surface area contributed by atoms with Gasteiger partial charge in [-0.2, -0.15) is 0 Å². The molecule has 22 heavy (non-hydrogen) atoms. The van der Waals surface area contributed by atoms with Crippen LogP contribution in [-0.2, 0) is 0 Å². The van der Waals surface area contributed by atoms with E-state index >= 15 is 0 Å². The van der Waals surface area contributed by atoms with Gasteiger partial charge in [-0.3, -0.25) is 4.79 Å². The normalized spacial score (nSPS) is 17.3. The smallest absolute Gasteiger partial charge is 0.316 e. The summed E-state index contributed by atoms with van der Waals surface area (Å²) >= 11 is 0. The molecule has 1 aliphatic heterocycles. The van der Waals surface area contributed by atoms with Crippen LogP contribution >= 0.6 is 0 Å². The minimum absolute atomic E-state index is 0.0148. The van der Waals surface area contributed by atoms with Crippen molar-refractivity contribution in [3.8, 4) is 11.8 Å². The summed E-state index contributed by atoms with van der Waals surface area (Å²) < 4.78 is 10.9. The number of carbonyl (C=O) groups excluding carboxylic acids is 1. The third kappa shape index (κ3) is 3.16. The minimum atomic E-state index is -0.0723. The summed E-state index contributed by atoms with van der Waals surface area (Å²) in [5.41, 5.74) is 0.621. The van der Waals surface area contributed by atoms with Crippen molar-refractivity contribution in [2.75, 3.05) is 20.2 Å². The number of nitrogens with zero attached hydrogens (tertiary/aromatic N) is 3. The first kappa shape index (κ1) is 14.3. The lowest BCUT2D eigenvalue weighted by Gasteiger charge is -2.17. The summed E-state index contributed by atoms with van der Waals surface area (Å²) in [6.45, 7) is 1.20. The first-order chi connectivity index (χ1) is 10.8. The van der Waals surface area contributed by atoms with Crippen molar-refractivity contribution in [3.05, 3.63) is 48.3 Å². The Morgan fingerprint density at radius 2 is 2.09 bits per heavy atom. The van der Waals surface area contributed by atoms with Gasteiger partial charge in [0.25, 0.3) is 5.91 Å². The largest absolute Gasteiger partial charge is 0.497 e. The van der Waals surface area contributed by atoms with Gasteiger partial charge in [0, 0.05) is 30.9 Å². The molecule has 1 saturated heterocycles. The van der Waals surface area contributed by atoms with Gasteiger partial charge in [0.15, 0.2) is 0 Å². The van der Waals surface area contributed by atoms with Crippen LogP contribution in [0.25, 0.3) is 0 Å². The van der Waals surface area contributed by atoms with Gasteiger partial charge in [0.2, 0.25) is 0 Å². The molecule has 0 saturated carbocycles. The maximum Gasteiger partial charge on any atom is 0.316 e. The number of hydrogen-bond donors (Lipinski definition) is 0. The molecular weight excluding hydrogens is 282 g/mol. The first-order valence-corrected chi connectivity index (χ1v) is 7.13. The number of likely N-dealkylation sites (tertiary alicyclic amines) is 1. The molecule has 6 nitrogen and oxygen atoms in total.